The van der Waals surface area contributed by atoms with Gasteiger partial charge in [-0.25, -0.2) is 0 Å². The average molecular weight is 273 g/mol. The Morgan fingerprint density at radius 2 is 2.00 bits per heavy atom. The molecule has 0 radical (unpaired) electrons. The van der Waals surface area contributed by atoms with Crippen molar-refractivity contribution in [2.75, 3.05) is 7.05 Å². The molecule has 1 aliphatic rings. The van der Waals surface area contributed by atoms with Crippen LogP contribution in [-0.2, 0) is 10.0 Å². The Balaban J connectivity index is 2.68. The van der Waals surface area contributed by atoms with Gasteiger partial charge in [-0.15, -0.1) is 4.40 Å². The van der Waals surface area contributed by atoms with Crippen LogP contribution >= 0.6 is 11.6 Å². The van der Waals surface area contributed by atoms with Crippen LogP contribution in [0.2, 0.25) is 5.02 Å². The van der Waals surface area contributed by atoms with E-state index >= 15 is 0 Å². The summed E-state index contributed by atoms with van der Waals surface area (Å²) in [5, 5.41) is 0.412. The van der Waals surface area contributed by atoms with Crippen molar-refractivity contribution in [1.82, 2.24) is 4.90 Å². The topological polar surface area (TPSA) is 49.7 Å². The predicted molar refractivity (Wildman–Crippen MR) is 68.1 cm³/mol. The van der Waals surface area contributed by atoms with E-state index in [-0.39, 0.29) is 10.9 Å². The maximum atomic E-state index is 11.9. The molecule has 0 spiro atoms. The molecule has 1 heterocycles. The number of hydrogen-bond acceptors (Lipinski definition) is 3. The first-order valence-electron chi connectivity index (χ1n) is 5.21. The van der Waals surface area contributed by atoms with Gasteiger partial charge in [-0.3, -0.25) is 0 Å². The van der Waals surface area contributed by atoms with E-state index in [1.807, 2.05) is 13.8 Å². The molecule has 4 nitrogen and oxygen atoms in total. The summed E-state index contributed by atoms with van der Waals surface area (Å²) in [5.74, 6) is 0.417. The number of fused-ring (bicyclic) bond motifs is 1. The Labute approximate surface area is 106 Å². The summed E-state index contributed by atoms with van der Waals surface area (Å²) in [4.78, 5) is 1.99. The highest BCUT2D eigenvalue weighted by molar-refractivity contribution is 7.90. The molecule has 92 valence electrons. The molecule has 0 amide bonds. The van der Waals surface area contributed by atoms with E-state index in [1.54, 1.807) is 24.1 Å². The number of sulfonamides is 1. The molecule has 2 rings (SSSR count). The minimum atomic E-state index is -3.59. The van der Waals surface area contributed by atoms with E-state index in [4.69, 9.17) is 11.6 Å². The van der Waals surface area contributed by atoms with E-state index in [2.05, 4.69) is 4.40 Å². The molecule has 0 saturated heterocycles. The summed E-state index contributed by atoms with van der Waals surface area (Å²) in [7, 11) is -1.79. The SMILES string of the molecule is CC(C)N(C)C1=NS(=O)(=O)c2cccc(Cl)c21. The van der Waals surface area contributed by atoms with Gasteiger partial charge >= 0.3 is 0 Å². The summed E-state index contributed by atoms with van der Waals surface area (Å²) in [6.07, 6.45) is 0. The van der Waals surface area contributed by atoms with Gasteiger partial charge in [-0.05, 0) is 26.0 Å². The smallest absolute Gasteiger partial charge is 0.285 e. The maximum absolute atomic E-state index is 11.9. The average Bonchev–Trinajstić information content (AvgIpc) is 2.51. The molecular weight excluding hydrogens is 260 g/mol. The molecule has 0 saturated carbocycles. The van der Waals surface area contributed by atoms with Crippen LogP contribution in [0.4, 0.5) is 0 Å². The highest BCUT2D eigenvalue weighted by Crippen LogP contribution is 2.32. The Morgan fingerprint density at radius 1 is 1.35 bits per heavy atom. The lowest BCUT2D eigenvalue weighted by molar-refractivity contribution is 0.419. The van der Waals surface area contributed by atoms with Gasteiger partial charge < -0.3 is 4.90 Å². The lowest BCUT2D eigenvalue weighted by atomic mass is 10.1. The molecule has 0 unspecified atom stereocenters. The molecule has 0 aliphatic carbocycles. The quantitative estimate of drug-likeness (QED) is 0.787. The standard InChI is InChI=1S/C11H13ClN2O2S/c1-7(2)14(3)11-10-8(12)5-4-6-9(10)17(15,16)13-11/h4-7H,1-3H3. The molecule has 0 aromatic heterocycles. The van der Waals surface area contributed by atoms with Crippen molar-refractivity contribution in [2.24, 2.45) is 4.40 Å². The van der Waals surface area contributed by atoms with E-state index in [1.165, 1.54) is 6.07 Å². The van der Waals surface area contributed by atoms with Gasteiger partial charge in [0.15, 0.2) is 5.84 Å². The third-order valence-corrected chi connectivity index (χ3v) is 4.42. The summed E-state index contributed by atoms with van der Waals surface area (Å²) < 4.78 is 27.5. The molecule has 0 N–H and O–H groups in total. The van der Waals surface area contributed by atoms with E-state index in [9.17, 15) is 8.42 Å². The fourth-order valence-electron chi connectivity index (χ4n) is 1.63. The van der Waals surface area contributed by atoms with Gasteiger partial charge in [-0.1, -0.05) is 17.7 Å². The number of halogens is 1. The number of amidine groups is 1. The Kier molecular flexibility index (Phi) is 2.91. The van der Waals surface area contributed by atoms with E-state index in [0.29, 0.717) is 16.4 Å². The first kappa shape index (κ1) is 12.4. The van der Waals surface area contributed by atoms with E-state index in [0.717, 1.165) is 0 Å². The first-order chi connectivity index (χ1) is 7.84. The van der Waals surface area contributed by atoms with Crippen molar-refractivity contribution in [3.63, 3.8) is 0 Å². The van der Waals surface area contributed by atoms with Crippen LogP contribution in [0.25, 0.3) is 0 Å². The highest BCUT2D eigenvalue weighted by atomic mass is 35.5. The molecule has 1 aliphatic heterocycles. The zero-order valence-electron chi connectivity index (χ0n) is 9.81. The minimum absolute atomic E-state index is 0.145. The van der Waals surface area contributed by atoms with Crippen molar-refractivity contribution in [3.05, 3.63) is 28.8 Å². The summed E-state index contributed by atoms with van der Waals surface area (Å²) >= 11 is 6.07. The zero-order valence-corrected chi connectivity index (χ0v) is 11.4. The highest BCUT2D eigenvalue weighted by Gasteiger charge is 2.33. The minimum Gasteiger partial charge on any atom is -0.356 e. The van der Waals surface area contributed by atoms with Crippen LogP contribution < -0.4 is 0 Å². The lowest BCUT2D eigenvalue weighted by Crippen LogP contribution is -2.33. The van der Waals surface area contributed by atoms with Gasteiger partial charge in [0.25, 0.3) is 10.0 Å². The molecule has 1 aromatic rings. The van der Waals surface area contributed by atoms with Crippen LogP contribution in [0.3, 0.4) is 0 Å². The van der Waals surface area contributed by atoms with Crippen LogP contribution in [0.15, 0.2) is 27.5 Å². The first-order valence-corrected chi connectivity index (χ1v) is 7.03. The van der Waals surface area contributed by atoms with Crippen LogP contribution in [-0.4, -0.2) is 32.2 Å². The van der Waals surface area contributed by atoms with Gasteiger partial charge in [0, 0.05) is 13.1 Å². The van der Waals surface area contributed by atoms with Gasteiger partial charge in [0.1, 0.15) is 4.90 Å². The summed E-state index contributed by atoms with van der Waals surface area (Å²) in [5.41, 5.74) is 0.505. The van der Waals surface area contributed by atoms with Crippen LogP contribution in [0.1, 0.15) is 19.4 Å². The molecule has 0 bridgehead atoms. The van der Waals surface area contributed by atoms with Crippen LogP contribution in [0.5, 0.6) is 0 Å². The molecule has 6 heteroatoms. The lowest BCUT2D eigenvalue weighted by Gasteiger charge is -2.23. The number of hydrogen-bond donors (Lipinski definition) is 0. The predicted octanol–water partition coefficient (Wildman–Crippen LogP) is 2.13. The Morgan fingerprint density at radius 3 is 2.59 bits per heavy atom. The van der Waals surface area contributed by atoms with Gasteiger partial charge in [-0.2, -0.15) is 8.42 Å². The largest absolute Gasteiger partial charge is 0.356 e. The van der Waals surface area contributed by atoms with Crippen molar-refractivity contribution in [2.45, 2.75) is 24.8 Å². The van der Waals surface area contributed by atoms with Crippen molar-refractivity contribution in [1.29, 1.82) is 0 Å². The normalized spacial score (nSPS) is 16.9. The third kappa shape index (κ3) is 1.93. The second-order valence-electron chi connectivity index (χ2n) is 4.21. The second-order valence-corrected chi connectivity index (χ2v) is 6.19. The van der Waals surface area contributed by atoms with Gasteiger partial charge in [0.05, 0.1) is 10.6 Å². The van der Waals surface area contributed by atoms with E-state index < -0.39 is 10.0 Å². The number of rotatable bonds is 1. The van der Waals surface area contributed by atoms with Crippen molar-refractivity contribution < 1.29 is 8.42 Å². The molecule has 0 fully saturated rings. The Bertz CT molecular complexity index is 593. The van der Waals surface area contributed by atoms with Crippen LogP contribution in [0, 0.1) is 0 Å². The monoisotopic (exact) mass is 272 g/mol. The second kappa shape index (κ2) is 3.99. The molecular formula is C11H13ClN2O2S. The molecule has 0 atom stereocenters. The van der Waals surface area contributed by atoms with Crippen molar-refractivity contribution >= 4 is 27.5 Å². The fraction of sp³-hybridized carbons (Fsp3) is 0.364. The Hall–Kier alpha value is -1.07. The zero-order chi connectivity index (χ0) is 12.8. The molecule has 17 heavy (non-hydrogen) atoms. The molecule has 1 aromatic carbocycles. The maximum Gasteiger partial charge on any atom is 0.285 e. The number of benzene rings is 1. The van der Waals surface area contributed by atoms with Crippen molar-refractivity contribution in [3.8, 4) is 0 Å². The van der Waals surface area contributed by atoms with Gasteiger partial charge in [0.2, 0.25) is 0 Å². The number of nitrogens with zero attached hydrogens (tertiary/aromatic N) is 2. The fourth-order valence-corrected chi connectivity index (χ4v) is 3.20. The summed E-state index contributed by atoms with van der Waals surface area (Å²) in [6.45, 7) is 3.92. The third-order valence-electron chi connectivity index (χ3n) is 2.79. The summed E-state index contributed by atoms with van der Waals surface area (Å²) in [6, 6.07) is 4.96.